The number of hydrogen-bond donors (Lipinski definition) is 0. The molecule has 3 rings (SSSR count). The van der Waals surface area contributed by atoms with Crippen molar-refractivity contribution in [3.63, 3.8) is 0 Å². The van der Waals surface area contributed by atoms with E-state index in [-0.39, 0.29) is 4.83 Å². The Hall–Kier alpha value is -1.80. The minimum Gasteiger partial charge on any atom is -0.496 e. The SMILES string of the molecule is COc1ccc(C(Br)c2ccc3ccccc3c2)cc1C. The third-order valence-corrected chi connectivity index (χ3v) is 4.84. The van der Waals surface area contributed by atoms with Gasteiger partial charge in [-0.05, 0) is 46.5 Å². The number of halogens is 1. The van der Waals surface area contributed by atoms with E-state index in [1.807, 2.05) is 6.07 Å². The molecular weight excluding hydrogens is 324 g/mol. The Kier molecular flexibility index (Phi) is 3.98. The van der Waals surface area contributed by atoms with Gasteiger partial charge in [0, 0.05) is 0 Å². The van der Waals surface area contributed by atoms with Crippen LogP contribution in [0.15, 0.2) is 60.7 Å². The van der Waals surface area contributed by atoms with Crippen LogP contribution in [0.1, 0.15) is 21.5 Å². The van der Waals surface area contributed by atoms with E-state index in [2.05, 4.69) is 77.5 Å². The molecule has 0 aliphatic rings. The van der Waals surface area contributed by atoms with E-state index in [4.69, 9.17) is 4.74 Å². The van der Waals surface area contributed by atoms with Gasteiger partial charge in [-0.1, -0.05) is 64.5 Å². The maximum atomic E-state index is 5.33. The highest BCUT2D eigenvalue weighted by Gasteiger charge is 2.12. The van der Waals surface area contributed by atoms with Crippen LogP contribution in [0.25, 0.3) is 10.8 Å². The summed E-state index contributed by atoms with van der Waals surface area (Å²) in [6.07, 6.45) is 0. The second-order valence-corrected chi connectivity index (χ2v) is 6.11. The first-order valence-corrected chi connectivity index (χ1v) is 7.88. The first-order chi connectivity index (χ1) is 10.2. The Morgan fingerprint density at radius 1 is 0.857 bits per heavy atom. The lowest BCUT2D eigenvalue weighted by atomic mass is 10.00. The van der Waals surface area contributed by atoms with Crippen molar-refractivity contribution in [2.24, 2.45) is 0 Å². The zero-order chi connectivity index (χ0) is 14.8. The fourth-order valence-corrected chi connectivity index (χ4v) is 3.19. The number of fused-ring (bicyclic) bond motifs is 1. The van der Waals surface area contributed by atoms with Crippen molar-refractivity contribution in [1.29, 1.82) is 0 Å². The molecule has 0 bridgehead atoms. The Bertz CT molecular complexity index is 779. The van der Waals surface area contributed by atoms with Crippen molar-refractivity contribution < 1.29 is 4.74 Å². The van der Waals surface area contributed by atoms with Gasteiger partial charge in [-0.25, -0.2) is 0 Å². The predicted octanol–water partition coefficient (Wildman–Crippen LogP) is 5.64. The van der Waals surface area contributed by atoms with Crippen molar-refractivity contribution in [2.75, 3.05) is 7.11 Å². The zero-order valence-corrected chi connectivity index (χ0v) is 13.7. The standard InChI is InChI=1S/C19H17BrO/c1-13-11-16(9-10-18(13)21-2)19(20)17-8-7-14-5-3-4-6-15(14)12-17/h3-12,19H,1-2H3. The number of methoxy groups -OCH3 is 1. The largest absolute Gasteiger partial charge is 0.496 e. The van der Waals surface area contributed by atoms with E-state index in [0.717, 1.165) is 11.3 Å². The van der Waals surface area contributed by atoms with Gasteiger partial charge in [0.15, 0.2) is 0 Å². The van der Waals surface area contributed by atoms with Crippen LogP contribution < -0.4 is 4.74 Å². The summed E-state index contributed by atoms with van der Waals surface area (Å²) in [6.45, 7) is 2.07. The van der Waals surface area contributed by atoms with Crippen molar-refractivity contribution in [3.8, 4) is 5.75 Å². The number of rotatable bonds is 3. The summed E-state index contributed by atoms with van der Waals surface area (Å²) in [5, 5.41) is 2.54. The molecule has 106 valence electrons. The van der Waals surface area contributed by atoms with Crippen molar-refractivity contribution in [2.45, 2.75) is 11.8 Å². The van der Waals surface area contributed by atoms with Gasteiger partial charge < -0.3 is 4.74 Å². The summed E-state index contributed by atoms with van der Waals surface area (Å²) < 4.78 is 5.33. The fraction of sp³-hybridized carbons (Fsp3) is 0.158. The minimum absolute atomic E-state index is 0.187. The molecule has 0 aliphatic carbocycles. The van der Waals surface area contributed by atoms with E-state index in [9.17, 15) is 0 Å². The Morgan fingerprint density at radius 3 is 2.24 bits per heavy atom. The van der Waals surface area contributed by atoms with Crippen LogP contribution >= 0.6 is 15.9 Å². The van der Waals surface area contributed by atoms with Crippen molar-refractivity contribution in [1.82, 2.24) is 0 Å². The molecule has 0 saturated carbocycles. The number of hydrogen-bond acceptors (Lipinski definition) is 1. The summed E-state index contributed by atoms with van der Waals surface area (Å²) in [5.41, 5.74) is 3.65. The summed E-state index contributed by atoms with van der Waals surface area (Å²) in [6, 6.07) is 21.4. The van der Waals surface area contributed by atoms with Gasteiger partial charge in [0.1, 0.15) is 5.75 Å². The lowest BCUT2D eigenvalue weighted by Crippen LogP contribution is -1.95. The third kappa shape index (κ3) is 2.81. The zero-order valence-electron chi connectivity index (χ0n) is 12.1. The van der Waals surface area contributed by atoms with E-state index in [1.54, 1.807) is 7.11 Å². The maximum absolute atomic E-state index is 5.33. The second-order valence-electron chi connectivity index (χ2n) is 5.20. The van der Waals surface area contributed by atoms with Crippen molar-refractivity contribution >= 4 is 26.7 Å². The predicted molar refractivity (Wildman–Crippen MR) is 92.4 cm³/mol. The van der Waals surface area contributed by atoms with Gasteiger partial charge in [-0.15, -0.1) is 0 Å². The van der Waals surface area contributed by atoms with E-state index < -0.39 is 0 Å². The van der Waals surface area contributed by atoms with Crippen molar-refractivity contribution in [3.05, 3.63) is 77.4 Å². The molecule has 3 aromatic rings. The van der Waals surface area contributed by atoms with Gasteiger partial charge in [0.05, 0.1) is 11.9 Å². The minimum atomic E-state index is 0.187. The van der Waals surface area contributed by atoms with Gasteiger partial charge in [0.25, 0.3) is 0 Å². The summed E-state index contributed by atoms with van der Waals surface area (Å²) >= 11 is 3.82. The second kappa shape index (κ2) is 5.90. The van der Waals surface area contributed by atoms with Crippen LogP contribution in [0, 0.1) is 6.92 Å². The molecule has 2 heteroatoms. The number of aryl methyl sites for hydroxylation is 1. The molecule has 0 N–H and O–H groups in total. The normalized spacial score (nSPS) is 12.3. The molecule has 0 aliphatic heterocycles. The molecule has 0 amide bonds. The molecule has 0 heterocycles. The molecule has 0 fully saturated rings. The first kappa shape index (κ1) is 14.2. The van der Waals surface area contributed by atoms with Gasteiger partial charge in [0.2, 0.25) is 0 Å². The average Bonchev–Trinajstić information content (AvgIpc) is 2.53. The van der Waals surface area contributed by atoms with E-state index >= 15 is 0 Å². The van der Waals surface area contributed by atoms with Crippen LogP contribution in [0.5, 0.6) is 5.75 Å². The topological polar surface area (TPSA) is 9.23 Å². The summed E-state index contributed by atoms with van der Waals surface area (Å²) in [5.74, 6) is 0.928. The van der Waals surface area contributed by atoms with E-state index in [0.29, 0.717) is 0 Å². The van der Waals surface area contributed by atoms with Crippen LogP contribution in [0.3, 0.4) is 0 Å². The number of ether oxygens (including phenoxy) is 1. The number of alkyl halides is 1. The Morgan fingerprint density at radius 2 is 1.52 bits per heavy atom. The van der Waals surface area contributed by atoms with Crippen LogP contribution in [0.4, 0.5) is 0 Å². The Labute approximate surface area is 133 Å². The van der Waals surface area contributed by atoms with Crippen LogP contribution in [-0.4, -0.2) is 7.11 Å². The van der Waals surface area contributed by atoms with Gasteiger partial charge in [-0.3, -0.25) is 0 Å². The third-order valence-electron chi connectivity index (χ3n) is 3.78. The highest BCUT2D eigenvalue weighted by Crippen LogP contribution is 2.34. The van der Waals surface area contributed by atoms with E-state index in [1.165, 1.54) is 21.9 Å². The average molecular weight is 341 g/mol. The number of benzene rings is 3. The van der Waals surface area contributed by atoms with Crippen LogP contribution in [0.2, 0.25) is 0 Å². The molecule has 0 saturated heterocycles. The molecule has 1 nitrogen and oxygen atoms in total. The Balaban J connectivity index is 1.99. The molecule has 0 spiro atoms. The molecule has 21 heavy (non-hydrogen) atoms. The van der Waals surface area contributed by atoms with Crippen LogP contribution in [-0.2, 0) is 0 Å². The maximum Gasteiger partial charge on any atom is 0.121 e. The molecule has 1 atom stereocenters. The quantitative estimate of drug-likeness (QED) is 0.560. The summed E-state index contributed by atoms with van der Waals surface area (Å²) in [7, 11) is 1.71. The highest BCUT2D eigenvalue weighted by molar-refractivity contribution is 9.09. The first-order valence-electron chi connectivity index (χ1n) is 6.96. The van der Waals surface area contributed by atoms with Gasteiger partial charge >= 0.3 is 0 Å². The summed E-state index contributed by atoms with van der Waals surface area (Å²) in [4.78, 5) is 0.187. The van der Waals surface area contributed by atoms with Gasteiger partial charge in [-0.2, -0.15) is 0 Å². The lowest BCUT2D eigenvalue weighted by molar-refractivity contribution is 0.411. The fourth-order valence-electron chi connectivity index (χ4n) is 2.62. The smallest absolute Gasteiger partial charge is 0.121 e. The lowest BCUT2D eigenvalue weighted by Gasteiger charge is -2.14. The monoisotopic (exact) mass is 340 g/mol. The molecular formula is C19H17BrO. The molecule has 0 aromatic heterocycles. The molecule has 1 unspecified atom stereocenters. The highest BCUT2D eigenvalue weighted by atomic mass is 79.9. The molecule has 0 radical (unpaired) electrons. The molecule has 3 aromatic carbocycles.